The van der Waals surface area contributed by atoms with Crippen LogP contribution in [-0.4, -0.2) is 25.7 Å². The molecule has 4 nitrogen and oxygen atoms in total. The van der Waals surface area contributed by atoms with Crippen molar-refractivity contribution in [3.8, 4) is 17.6 Å². The molecule has 124 valence electrons. The van der Waals surface area contributed by atoms with E-state index >= 15 is 0 Å². The van der Waals surface area contributed by atoms with E-state index in [1.165, 1.54) is 17.5 Å². The number of hydrogen-bond acceptors (Lipinski definition) is 4. The molecule has 1 aliphatic heterocycles. The largest absolute Gasteiger partial charge is 0.497 e. The highest BCUT2D eigenvalue weighted by atomic mass is 16.5. The summed E-state index contributed by atoms with van der Waals surface area (Å²) in [6.45, 7) is 1.93. The van der Waals surface area contributed by atoms with E-state index < -0.39 is 0 Å². The number of likely N-dealkylation sites (tertiary alicyclic amines) is 1. The van der Waals surface area contributed by atoms with Gasteiger partial charge in [0.25, 0.3) is 0 Å². The normalized spacial score (nSPS) is 17.5. The first-order valence-corrected chi connectivity index (χ1v) is 8.20. The Balaban J connectivity index is 1.83. The van der Waals surface area contributed by atoms with Gasteiger partial charge in [-0.15, -0.1) is 0 Å². The van der Waals surface area contributed by atoms with Crippen molar-refractivity contribution < 1.29 is 9.47 Å². The summed E-state index contributed by atoms with van der Waals surface area (Å²) < 4.78 is 11.0. The molecule has 1 aliphatic rings. The topological polar surface area (TPSA) is 45.5 Å². The molecule has 0 amide bonds. The summed E-state index contributed by atoms with van der Waals surface area (Å²) in [4.78, 5) is 2.47. The maximum absolute atomic E-state index is 8.92. The molecule has 2 aromatic carbocycles. The van der Waals surface area contributed by atoms with Crippen molar-refractivity contribution in [2.75, 3.05) is 20.8 Å². The van der Waals surface area contributed by atoms with E-state index in [0.717, 1.165) is 31.0 Å². The Hall–Kier alpha value is -2.51. The van der Waals surface area contributed by atoms with Gasteiger partial charge in [-0.05, 0) is 55.3 Å². The van der Waals surface area contributed by atoms with Crippen LogP contribution in [0.25, 0.3) is 0 Å². The molecule has 0 radical (unpaired) electrons. The summed E-state index contributed by atoms with van der Waals surface area (Å²) in [5, 5.41) is 8.92. The third kappa shape index (κ3) is 3.37. The van der Waals surface area contributed by atoms with Crippen LogP contribution in [0.5, 0.6) is 11.5 Å². The minimum Gasteiger partial charge on any atom is -0.497 e. The molecule has 1 fully saturated rings. The summed E-state index contributed by atoms with van der Waals surface area (Å²) in [5.41, 5.74) is 3.11. The second-order valence-corrected chi connectivity index (χ2v) is 6.05. The Bertz CT molecular complexity index is 734. The van der Waals surface area contributed by atoms with Crippen LogP contribution in [0.2, 0.25) is 0 Å². The number of nitrogens with zero attached hydrogens (tertiary/aromatic N) is 2. The van der Waals surface area contributed by atoms with Crippen molar-refractivity contribution in [2.45, 2.75) is 25.4 Å². The zero-order valence-electron chi connectivity index (χ0n) is 14.2. The van der Waals surface area contributed by atoms with Crippen molar-refractivity contribution in [3.05, 3.63) is 59.2 Å². The fourth-order valence-corrected chi connectivity index (χ4v) is 3.39. The molecule has 24 heavy (non-hydrogen) atoms. The molecule has 1 heterocycles. The minimum absolute atomic E-state index is 0.325. The summed E-state index contributed by atoms with van der Waals surface area (Å²) in [6, 6.07) is 16.3. The second-order valence-electron chi connectivity index (χ2n) is 6.05. The predicted molar refractivity (Wildman–Crippen MR) is 93.1 cm³/mol. The minimum atomic E-state index is 0.325. The highest BCUT2D eigenvalue weighted by Gasteiger charge is 2.28. The van der Waals surface area contributed by atoms with Gasteiger partial charge in [-0.25, -0.2) is 0 Å². The lowest BCUT2D eigenvalue weighted by Gasteiger charge is -2.26. The van der Waals surface area contributed by atoms with Crippen LogP contribution in [0.4, 0.5) is 0 Å². The molecule has 4 heteroatoms. The highest BCUT2D eigenvalue weighted by Crippen LogP contribution is 2.39. The van der Waals surface area contributed by atoms with E-state index in [0.29, 0.717) is 11.6 Å². The number of ether oxygens (including phenoxy) is 2. The summed E-state index contributed by atoms with van der Waals surface area (Å²) in [5.74, 6) is 1.77. The Labute approximate surface area is 143 Å². The van der Waals surface area contributed by atoms with E-state index in [1.54, 1.807) is 14.2 Å². The van der Waals surface area contributed by atoms with Crippen molar-refractivity contribution >= 4 is 0 Å². The quantitative estimate of drug-likeness (QED) is 0.837. The molecule has 0 unspecified atom stereocenters. The van der Waals surface area contributed by atoms with E-state index in [9.17, 15) is 0 Å². The maximum atomic E-state index is 8.92. The van der Waals surface area contributed by atoms with Crippen LogP contribution < -0.4 is 9.47 Å². The Morgan fingerprint density at radius 3 is 2.58 bits per heavy atom. The molecule has 0 saturated carbocycles. The first-order chi connectivity index (χ1) is 11.7. The molecule has 3 rings (SSSR count). The highest BCUT2D eigenvalue weighted by molar-refractivity contribution is 5.43. The van der Waals surface area contributed by atoms with Gasteiger partial charge >= 0.3 is 0 Å². The van der Waals surface area contributed by atoms with Crippen LogP contribution in [0.3, 0.4) is 0 Å². The summed E-state index contributed by atoms with van der Waals surface area (Å²) in [7, 11) is 3.40. The Morgan fingerprint density at radius 2 is 1.92 bits per heavy atom. The van der Waals surface area contributed by atoms with E-state index in [4.69, 9.17) is 14.7 Å². The lowest BCUT2D eigenvalue weighted by Crippen LogP contribution is -2.23. The van der Waals surface area contributed by atoms with Gasteiger partial charge in [0.2, 0.25) is 0 Å². The molecule has 0 aliphatic carbocycles. The van der Waals surface area contributed by atoms with Crippen molar-refractivity contribution in [1.82, 2.24) is 4.90 Å². The van der Waals surface area contributed by atoms with E-state index in [1.807, 2.05) is 36.4 Å². The van der Waals surface area contributed by atoms with Crippen LogP contribution in [0.15, 0.2) is 42.5 Å². The molecule has 2 aromatic rings. The summed E-state index contributed by atoms with van der Waals surface area (Å²) >= 11 is 0. The van der Waals surface area contributed by atoms with Crippen molar-refractivity contribution in [2.24, 2.45) is 0 Å². The molecular weight excluding hydrogens is 300 g/mol. The maximum Gasteiger partial charge on any atom is 0.123 e. The average molecular weight is 322 g/mol. The SMILES string of the molecule is COc1ccc(OC)c([C@H]2CCCN2Cc2ccc(C#N)cc2)c1. The van der Waals surface area contributed by atoms with Gasteiger partial charge in [0.05, 0.1) is 25.9 Å². The monoisotopic (exact) mass is 322 g/mol. The predicted octanol–water partition coefficient (Wildman–Crippen LogP) is 3.91. The zero-order chi connectivity index (χ0) is 16.9. The number of hydrogen-bond donors (Lipinski definition) is 0. The van der Waals surface area contributed by atoms with Gasteiger partial charge in [-0.1, -0.05) is 12.1 Å². The molecule has 1 saturated heterocycles. The molecular formula is C20H22N2O2. The first kappa shape index (κ1) is 16.4. The molecule has 0 aromatic heterocycles. The van der Waals surface area contributed by atoms with Crippen LogP contribution >= 0.6 is 0 Å². The lowest BCUT2D eigenvalue weighted by molar-refractivity contribution is 0.242. The van der Waals surface area contributed by atoms with Crippen LogP contribution in [0.1, 0.15) is 35.6 Å². The van der Waals surface area contributed by atoms with E-state index in [-0.39, 0.29) is 0 Å². The van der Waals surface area contributed by atoms with E-state index in [2.05, 4.69) is 17.0 Å². The average Bonchev–Trinajstić information content (AvgIpc) is 3.09. The van der Waals surface area contributed by atoms with Gasteiger partial charge in [0, 0.05) is 18.2 Å². The molecule has 1 atom stereocenters. The van der Waals surface area contributed by atoms with Crippen molar-refractivity contribution in [3.63, 3.8) is 0 Å². The second kappa shape index (κ2) is 7.37. The number of nitriles is 1. The van der Waals surface area contributed by atoms with Crippen LogP contribution in [-0.2, 0) is 6.54 Å². The number of rotatable bonds is 5. The van der Waals surface area contributed by atoms with Crippen molar-refractivity contribution in [1.29, 1.82) is 5.26 Å². The Morgan fingerprint density at radius 1 is 1.12 bits per heavy atom. The van der Waals surface area contributed by atoms with Gasteiger partial charge in [0.1, 0.15) is 11.5 Å². The van der Waals surface area contributed by atoms with Gasteiger partial charge in [-0.2, -0.15) is 5.26 Å². The third-order valence-corrected chi connectivity index (χ3v) is 4.63. The first-order valence-electron chi connectivity index (χ1n) is 8.20. The molecule has 0 bridgehead atoms. The van der Waals surface area contributed by atoms with Gasteiger partial charge < -0.3 is 9.47 Å². The summed E-state index contributed by atoms with van der Waals surface area (Å²) in [6.07, 6.45) is 2.28. The fourth-order valence-electron chi connectivity index (χ4n) is 3.39. The lowest BCUT2D eigenvalue weighted by atomic mass is 10.0. The standard InChI is InChI=1S/C20H22N2O2/c1-23-17-9-10-20(24-2)18(12-17)19-4-3-11-22(19)14-16-7-5-15(13-21)6-8-16/h5-10,12,19H,3-4,11,14H2,1-2H3/t19-/m1/s1. The zero-order valence-corrected chi connectivity index (χ0v) is 14.2. The smallest absolute Gasteiger partial charge is 0.123 e. The van der Waals surface area contributed by atoms with Crippen LogP contribution in [0, 0.1) is 11.3 Å². The molecule has 0 N–H and O–H groups in total. The molecule has 0 spiro atoms. The van der Waals surface area contributed by atoms with Gasteiger partial charge in [0.15, 0.2) is 0 Å². The Kier molecular flexibility index (Phi) is 5.02. The third-order valence-electron chi connectivity index (χ3n) is 4.63. The fraction of sp³-hybridized carbons (Fsp3) is 0.350. The number of benzene rings is 2. The number of methoxy groups -OCH3 is 2. The van der Waals surface area contributed by atoms with Gasteiger partial charge in [-0.3, -0.25) is 4.90 Å².